The van der Waals surface area contributed by atoms with E-state index in [4.69, 9.17) is 9.94 Å². The zero-order valence-electron chi connectivity index (χ0n) is 26.1. The number of hydrogen-bond donors (Lipinski definition) is 2. The molecule has 2 N–H and O–H groups in total. The monoisotopic (exact) mass is 581 g/mol. The first-order chi connectivity index (χ1) is 20.8. The second-order valence-electron chi connectivity index (χ2n) is 12.5. The van der Waals surface area contributed by atoms with Gasteiger partial charge in [-0.25, -0.2) is 0 Å². The standard InChI is InChI=1S/C34H43N7O2/c1-6-39-14-16-40(17-15-39)12-7-13-41-29-11-8-23(22(4)37-43-21(2)3)18-25(29)31-26-19-35-34(42)32(26)30-24(33(31)41)9-10-28-27(30)20-38(5)36-28/h8,11,18-21,35,42H,6-7,9-10,12-17H2,1-5H3. The molecule has 0 bridgehead atoms. The van der Waals surface area contributed by atoms with E-state index in [1.54, 1.807) is 0 Å². The highest BCUT2D eigenvalue weighted by atomic mass is 16.6. The van der Waals surface area contributed by atoms with Crippen LogP contribution in [0.3, 0.4) is 0 Å². The molecule has 1 fully saturated rings. The molecule has 226 valence electrons. The molecule has 0 saturated carbocycles. The first-order valence-electron chi connectivity index (χ1n) is 15.8. The van der Waals surface area contributed by atoms with Gasteiger partial charge in [0.15, 0.2) is 5.88 Å². The lowest BCUT2D eigenvalue weighted by Crippen LogP contribution is -2.46. The van der Waals surface area contributed by atoms with Crippen molar-refractivity contribution in [1.82, 2.24) is 29.1 Å². The minimum absolute atomic E-state index is 0.0249. The Morgan fingerprint density at radius 3 is 2.63 bits per heavy atom. The molecular formula is C34H43N7O2. The van der Waals surface area contributed by atoms with Gasteiger partial charge < -0.3 is 29.3 Å². The number of aryl methyl sites for hydroxylation is 4. The molecule has 3 aromatic heterocycles. The molecule has 1 saturated heterocycles. The fourth-order valence-corrected chi connectivity index (χ4v) is 7.26. The second-order valence-corrected chi connectivity index (χ2v) is 12.5. The van der Waals surface area contributed by atoms with Gasteiger partial charge in [0, 0.05) is 85.0 Å². The Hall–Kier alpha value is -3.82. The lowest BCUT2D eigenvalue weighted by Gasteiger charge is -2.34. The number of benzene rings is 2. The molecule has 4 heterocycles. The van der Waals surface area contributed by atoms with Crippen molar-refractivity contribution in [3.8, 4) is 17.0 Å². The Labute approximate surface area is 252 Å². The zero-order chi connectivity index (χ0) is 29.8. The molecule has 43 heavy (non-hydrogen) atoms. The first kappa shape index (κ1) is 28.0. The number of hydrogen-bond acceptors (Lipinski definition) is 6. The maximum absolute atomic E-state index is 11.2. The van der Waals surface area contributed by atoms with Gasteiger partial charge in [-0.2, -0.15) is 5.10 Å². The van der Waals surface area contributed by atoms with Crippen LogP contribution in [0.15, 0.2) is 35.7 Å². The highest BCUT2D eigenvalue weighted by Crippen LogP contribution is 2.49. The van der Waals surface area contributed by atoms with Gasteiger partial charge in [-0.05, 0) is 76.4 Å². The van der Waals surface area contributed by atoms with Crippen LogP contribution in [0, 0.1) is 0 Å². The number of likely N-dealkylation sites (N-methyl/N-ethyl adjacent to an activating group) is 1. The van der Waals surface area contributed by atoms with E-state index in [0.29, 0.717) is 0 Å². The van der Waals surface area contributed by atoms with Crippen LogP contribution in [-0.4, -0.2) is 85.3 Å². The third-order valence-electron chi connectivity index (χ3n) is 9.40. The fraction of sp³-hybridized carbons (Fsp3) is 0.471. The lowest BCUT2D eigenvalue weighted by atomic mass is 9.85. The lowest BCUT2D eigenvalue weighted by molar-refractivity contribution is 0.0860. The normalized spacial score (nSPS) is 16.6. The van der Waals surface area contributed by atoms with Crippen molar-refractivity contribution < 1.29 is 9.94 Å². The first-order valence-corrected chi connectivity index (χ1v) is 15.8. The molecule has 0 unspecified atom stereocenters. The third-order valence-corrected chi connectivity index (χ3v) is 9.40. The zero-order valence-corrected chi connectivity index (χ0v) is 26.1. The van der Waals surface area contributed by atoms with Crippen molar-refractivity contribution in [2.24, 2.45) is 12.2 Å². The van der Waals surface area contributed by atoms with Crippen molar-refractivity contribution in [2.75, 3.05) is 39.3 Å². The summed E-state index contributed by atoms with van der Waals surface area (Å²) in [7, 11) is 1.98. The van der Waals surface area contributed by atoms with Gasteiger partial charge in [-0.15, -0.1) is 0 Å². The van der Waals surface area contributed by atoms with Crippen molar-refractivity contribution in [3.05, 3.63) is 47.4 Å². The van der Waals surface area contributed by atoms with Crippen LogP contribution in [0.1, 0.15) is 50.9 Å². The van der Waals surface area contributed by atoms with Crippen molar-refractivity contribution >= 4 is 38.3 Å². The number of H-pyrrole nitrogens is 1. The SMILES string of the molecule is CCN1CCN(CCCn2c3ccc(C(C)=NOC(C)C)cc3c3c4c[nH]c(O)c4c4c(c32)CCc2nn(C)cc2-4)CC1. The molecule has 1 aliphatic heterocycles. The van der Waals surface area contributed by atoms with Gasteiger partial charge >= 0.3 is 0 Å². The maximum Gasteiger partial charge on any atom is 0.197 e. The summed E-state index contributed by atoms with van der Waals surface area (Å²) < 4.78 is 4.46. The molecule has 0 spiro atoms. The van der Waals surface area contributed by atoms with Gasteiger partial charge in [-0.1, -0.05) is 18.1 Å². The summed E-state index contributed by atoms with van der Waals surface area (Å²) in [6.45, 7) is 16.0. The van der Waals surface area contributed by atoms with Crippen molar-refractivity contribution in [2.45, 2.75) is 59.6 Å². The van der Waals surface area contributed by atoms with E-state index in [2.05, 4.69) is 55.8 Å². The molecule has 9 heteroatoms. The highest BCUT2D eigenvalue weighted by Gasteiger charge is 2.30. The summed E-state index contributed by atoms with van der Waals surface area (Å²) in [5, 5.41) is 24.7. The minimum atomic E-state index is 0.0249. The van der Waals surface area contributed by atoms with E-state index in [-0.39, 0.29) is 12.0 Å². The van der Waals surface area contributed by atoms with Crippen LogP contribution >= 0.6 is 0 Å². The molecule has 7 rings (SSSR count). The van der Waals surface area contributed by atoms with Crippen LogP contribution in [0.2, 0.25) is 0 Å². The summed E-state index contributed by atoms with van der Waals surface area (Å²) in [6.07, 6.45) is 6.98. The average molecular weight is 582 g/mol. The maximum atomic E-state index is 11.2. The van der Waals surface area contributed by atoms with Gasteiger partial charge in [-0.3, -0.25) is 4.68 Å². The van der Waals surface area contributed by atoms with E-state index in [1.807, 2.05) is 38.7 Å². The summed E-state index contributed by atoms with van der Waals surface area (Å²) in [6, 6.07) is 6.68. The Bertz CT molecular complexity index is 1850. The number of aromatic amines is 1. The number of fused-ring (bicyclic) bond motifs is 10. The minimum Gasteiger partial charge on any atom is -0.494 e. The molecular weight excluding hydrogens is 538 g/mol. The number of oxime groups is 1. The second kappa shape index (κ2) is 11.0. The number of nitrogens with zero attached hydrogens (tertiary/aromatic N) is 6. The summed E-state index contributed by atoms with van der Waals surface area (Å²) >= 11 is 0. The number of piperazine rings is 1. The van der Waals surface area contributed by atoms with Crippen LogP contribution in [0.25, 0.3) is 43.7 Å². The Balaban J connectivity index is 1.40. The molecule has 0 atom stereocenters. The van der Waals surface area contributed by atoms with Crippen LogP contribution < -0.4 is 0 Å². The number of rotatable bonds is 8. The van der Waals surface area contributed by atoms with Crippen LogP contribution in [0.5, 0.6) is 5.88 Å². The van der Waals surface area contributed by atoms with Crippen LogP contribution in [-0.2, 0) is 31.3 Å². The topological polar surface area (TPSA) is 86.8 Å². The van der Waals surface area contributed by atoms with E-state index < -0.39 is 0 Å². The average Bonchev–Trinajstić information content (AvgIpc) is 3.68. The number of aromatic hydroxyl groups is 1. The molecule has 2 aliphatic rings. The molecule has 0 radical (unpaired) electrons. The predicted molar refractivity (Wildman–Crippen MR) is 174 cm³/mol. The Morgan fingerprint density at radius 1 is 1.07 bits per heavy atom. The fourth-order valence-electron chi connectivity index (χ4n) is 7.26. The molecule has 0 amide bonds. The number of nitrogens with one attached hydrogen (secondary N) is 1. The van der Waals surface area contributed by atoms with Gasteiger partial charge in [0.2, 0.25) is 0 Å². The Kier molecular flexibility index (Phi) is 7.18. The van der Waals surface area contributed by atoms with E-state index >= 15 is 0 Å². The molecule has 1 aliphatic carbocycles. The van der Waals surface area contributed by atoms with Crippen molar-refractivity contribution in [1.29, 1.82) is 0 Å². The van der Waals surface area contributed by atoms with E-state index in [9.17, 15) is 5.11 Å². The molecule has 2 aromatic carbocycles. The van der Waals surface area contributed by atoms with Gasteiger partial charge in [0.25, 0.3) is 0 Å². The van der Waals surface area contributed by atoms with Gasteiger partial charge in [0.05, 0.1) is 22.3 Å². The highest BCUT2D eigenvalue weighted by molar-refractivity contribution is 6.27. The smallest absolute Gasteiger partial charge is 0.197 e. The number of aromatic nitrogens is 4. The van der Waals surface area contributed by atoms with Crippen molar-refractivity contribution in [3.63, 3.8) is 0 Å². The Morgan fingerprint density at radius 2 is 1.86 bits per heavy atom. The molecule has 9 nitrogen and oxygen atoms in total. The molecule has 5 aromatic rings. The predicted octanol–water partition coefficient (Wildman–Crippen LogP) is 5.66. The van der Waals surface area contributed by atoms with Crippen LogP contribution in [0.4, 0.5) is 0 Å². The van der Waals surface area contributed by atoms with E-state index in [0.717, 1.165) is 104 Å². The largest absolute Gasteiger partial charge is 0.494 e. The van der Waals surface area contributed by atoms with E-state index in [1.165, 1.54) is 27.4 Å². The quantitative estimate of drug-likeness (QED) is 0.183. The third kappa shape index (κ3) is 4.79. The summed E-state index contributed by atoms with van der Waals surface area (Å²) in [5.41, 5.74) is 9.07. The summed E-state index contributed by atoms with van der Waals surface area (Å²) in [5.74, 6) is 0.219. The van der Waals surface area contributed by atoms with Gasteiger partial charge in [0.1, 0.15) is 6.10 Å². The summed E-state index contributed by atoms with van der Waals surface area (Å²) in [4.78, 5) is 13.9.